The second-order valence-electron chi connectivity index (χ2n) is 8.19. The number of benzene rings is 3. The number of hydrogen-bond acceptors (Lipinski definition) is 5. The van der Waals surface area contributed by atoms with Crippen LogP contribution < -0.4 is 0 Å². The molecule has 0 saturated carbocycles. The molecule has 0 spiro atoms. The molecular weight excluding hydrogens is 456 g/mol. The van der Waals surface area contributed by atoms with E-state index in [1.54, 1.807) is 12.2 Å². The Bertz CT molecular complexity index is 1330. The molecule has 0 unspecified atom stereocenters. The summed E-state index contributed by atoms with van der Waals surface area (Å²) in [4.78, 5) is 50.5. The maximum atomic E-state index is 13.2. The Morgan fingerprint density at radius 3 is 1.72 bits per heavy atom. The topological polar surface area (TPSA) is 97.6 Å². The number of carbonyl (C=O) groups excluding carboxylic acids is 3. The number of nitrogens with zero attached hydrogens (tertiary/aromatic N) is 2. The summed E-state index contributed by atoms with van der Waals surface area (Å²) < 4.78 is 0. The quantitative estimate of drug-likeness (QED) is 0.217. The van der Waals surface area contributed by atoms with Crippen molar-refractivity contribution in [3.05, 3.63) is 135 Å². The molecule has 0 atom stereocenters. The molecule has 1 fully saturated rings. The van der Waals surface area contributed by atoms with Gasteiger partial charge in [-0.05, 0) is 41.5 Å². The minimum absolute atomic E-state index is 0.106. The molecule has 36 heavy (non-hydrogen) atoms. The van der Waals surface area contributed by atoms with Crippen LogP contribution in [0.2, 0.25) is 0 Å². The van der Waals surface area contributed by atoms with E-state index in [2.05, 4.69) is 0 Å². The van der Waals surface area contributed by atoms with Gasteiger partial charge in [-0.1, -0.05) is 60.7 Å². The lowest BCUT2D eigenvalue weighted by atomic mass is 9.94. The SMILES string of the molecule is O=C1/C(=C/c2ccccc2)CN(C(=O)/C=C/C(=O)c2ccc([N+](=O)[O-])cc2)C/C1=C\c1ccccc1. The average molecular weight is 479 g/mol. The lowest BCUT2D eigenvalue weighted by Crippen LogP contribution is -2.40. The van der Waals surface area contributed by atoms with Crippen molar-refractivity contribution in [1.82, 2.24) is 4.90 Å². The summed E-state index contributed by atoms with van der Waals surface area (Å²) in [5, 5.41) is 10.8. The molecule has 7 heteroatoms. The van der Waals surface area contributed by atoms with Gasteiger partial charge >= 0.3 is 0 Å². The van der Waals surface area contributed by atoms with Crippen LogP contribution in [0.5, 0.6) is 0 Å². The Morgan fingerprint density at radius 1 is 0.750 bits per heavy atom. The molecule has 3 aromatic rings. The fourth-order valence-corrected chi connectivity index (χ4v) is 3.79. The van der Waals surface area contributed by atoms with Gasteiger partial charge in [0.1, 0.15) is 0 Å². The molecule has 0 bridgehead atoms. The summed E-state index contributed by atoms with van der Waals surface area (Å²) in [5.74, 6) is -1.00. The Morgan fingerprint density at radius 2 is 1.25 bits per heavy atom. The molecule has 7 nitrogen and oxygen atoms in total. The van der Waals surface area contributed by atoms with Gasteiger partial charge in [0.2, 0.25) is 5.91 Å². The van der Waals surface area contributed by atoms with Crippen LogP contribution in [-0.4, -0.2) is 40.4 Å². The van der Waals surface area contributed by atoms with Crippen LogP contribution in [0.4, 0.5) is 5.69 Å². The summed E-state index contributed by atoms with van der Waals surface area (Å²) >= 11 is 0. The van der Waals surface area contributed by atoms with Gasteiger partial charge in [-0.3, -0.25) is 24.5 Å². The first kappa shape index (κ1) is 24.2. The Hall–Kier alpha value is -4.91. The number of nitro groups is 1. The number of piperidine rings is 1. The number of ketones is 2. The standard InChI is InChI=1S/C29H22N2O5/c32-27(23-11-13-26(14-12-23)31(35)36)15-16-28(33)30-19-24(17-21-7-3-1-4-8-21)29(34)25(20-30)18-22-9-5-2-6-10-22/h1-18H,19-20H2/b16-15+,24-17+,25-18+. The minimum Gasteiger partial charge on any atom is -0.330 e. The first-order valence-electron chi connectivity index (χ1n) is 11.2. The molecule has 1 heterocycles. The van der Waals surface area contributed by atoms with Crippen LogP contribution in [0.25, 0.3) is 12.2 Å². The smallest absolute Gasteiger partial charge is 0.269 e. The number of non-ortho nitro benzene ring substituents is 1. The van der Waals surface area contributed by atoms with Crippen LogP contribution in [0.1, 0.15) is 21.5 Å². The van der Waals surface area contributed by atoms with Gasteiger partial charge in [0.05, 0.1) is 18.0 Å². The normalized spacial score (nSPS) is 16.0. The highest BCUT2D eigenvalue weighted by Gasteiger charge is 2.28. The van der Waals surface area contributed by atoms with Crippen molar-refractivity contribution in [2.45, 2.75) is 0 Å². The first-order chi connectivity index (χ1) is 17.4. The second kappa shape index (κ2) is 11.0. The average Bonchev–Trinajstić information content (AvgIpc) is 2.90. The maximum Gasteiger partial charge on any atom is 0.269 e. The van der Waals surface area contributed by atoms with Crippen molar-refractivity contribution in [2.24, 2.45) is 0 Å². The highest BCUT2D eigenvalue weighted by Crippen LogP contribution is 2.22. The van der Waals surface area contributed by atoms with Gasteiger partial charge in [0.15, 0.2) is 11.6 Å². The first-order valence-corrected chi connectivity index (χ1v) is 11.2. The zero-order chi connectivity index (χ0) is 25.5. The van der Waals surface area contributed by atoms with Gasteiger partial charge in [-0.2, -0.15) is 0 Å². The van der Waals surface area contributed by atoms with Gasteiger partial charge in [-0.25, -0.2) is 0 Å². The maximum absolute atomic E-state index is 13.2. The zero-order valence-corrected chi connectivity index (χ0v) is 19.2. The van der Waals surface area contributed by atoms with E-state index in [0.717, 1.165) is 17.2 Å². The van der Waals surface area contributed by atoms with E-state index in [1.807, 2.05) is 60.7 Å². The molecule has 1 aliphatic rings. The van der Waals surface area contributed by atoms with Crippen LogP contribution >= 0.6 is 0 Å². The highest BCUT2D eigenvalue weighted by molar-refractivity contribution is 6.16. The molecule has 4 rings (SSSR count). The summed E-state index contributed by atoms with van der Waals surface area (Å²) in [6.07, 6.45) is 5.85. The summed E-state index contributed by atoms with van der Waals surface area (Å²) in [7, 11) is 0. The van der Waals surface area contributed by atoms with E-state index in [4.69, 9.17) is 0 Å². The number of amides is 1. The highest BCUT2D eigenvalue weighted by atomic mass is 16.6. The van der Waals surface area contributed by atoms with Crippen LogP contribution in [-0.2, 0) is 9.59 Å². The summed E-state index contributed by atoms with van der Waals surface area (Å²) in [6, 6.07) is 23.9. The third kappa shape index (κ3) is 5.95. The Labute approximate surface area is 207 Å². The molecule has 0 N–H and O–H groups in total. The number of likely N-dealkylation sites (tertiary alicyclic amines) is 1. The van der Waals surface area contributed by atoms with E-state index >= 15 is 0 Å². The third-order valence-electron chi connectivity index (χ3n) is 5.64. The monoisotopic (exact) mass is 478 g/mol. The molecule has 178 valence electrons. The van der Waals surface area contributed by atoms with Gasteiger partial charge in [-0.15, -0.1) is 0 Å². The van der Waals surface area contributed by atoms with E-state index in [9.17, 15) is 24.5 Å². The van der Waals surface area contributed by atoms with Crippen molar-refractivity contribution in [3.8, 4) is 0 Å². The Balaban J connectivity index is 1.58. The van der Waals surface area contributed by atoms with Crippen LogP contribution in [0.15, 0.2) is 108 Å². The lowest BCUT2D eigenvalue weighted by Gasteiger charge is -2.29. The molecule has 1 saturated heterocycles. The predicted octanol–water partition coefficient (Wildman–Crippen LogP) is 4.91. The van der Waals surface area contributed by atoms with Crippen molar-refractivity contribution in [2.75, 3.05) is 13.1 Å². The van der Waals surface area contributed by atoms with E-state index < -0.39 is 16.6 Å². The number of Topliss-reactive ketones (excluding diaryl/α,β-unsaturated/α-hetero) is 1. The molecule has 0 radical (unpaired) electrons. The predicted molar refractivity (Wildman–Crippen MR) is 137 cm³/mol. The van der Waals surface area contributed by atoms with E-state index in [1.165, 1.54) is 35.2 Å². The molecule has 3 aromatic carbocycles. The van der Waals surface area contributed by atoms with Gasteiger partial charge in [0, 0.05) is 34.9 Å². The molecular formula is C29H22N2O5. The van der Waals surface area contributed by atoms with Crippen LogP contribution in [0, 0.1) is 10.1 Å². The number of carbonyl (C=O) groups is 3. The van der Waals surface area contributed by atoms with Crippen LogP contribution in [0.3, 0.4) is 0 Å². The molecule has 1 aliphatic heterocycles. The Kier molecular flexibility index (Phi) is 7.41. The van der Waals surface area contributed by atoms with Gasteiger partial charge in [0.25, 0.3) is 5.69 Å². The molecule has 0 aromatic heterocycles. The summed E-state index contributed by atoms with van der Waals surface area (Å²) in [6.45, 7) is 0.212. The van der Waals surface area contributed by atoms with Crippen molar-refractivity contribution >= 4 is 35.3 Å². The van der Waals surface area contributed by atoms with Crippen molar-refractivity contribution < 1.29 is 19.3 Å². The van der Waals surface area contributed by atoms with E-state index in [-0.39, 0.29) is 30.1 Å². The number of allylic oxidation sites excluding steroid dienone is 1. The van der Waals surface area contributed by atoms with Crippen molar-refractivity contribution in [1.29, 1.82) is 0 Å². The number of nitro benzene ring substituents is 1. The van der Waals surface area contributed by atoms with E-state index in [0.29, 0.717) is 11.1 Å². The van der Waals surface area contributed by atoms with Gasteiger partial charge < -0.3 is 4.90 Å². The lowest BCUT2D eigenvalue weighted by molar-refractivity contribution is -0.384. The van der Waals surface area contributed by atoms with Crippen molar-refractivity contribution in [3.63, 3.8) is 0 Å². The second-order valence-corrected chi connectivity index (χ2v) is 8.19. The summed E-state index contributed by atoms with van der Waals surface area (Å²) in [5.41, 5.74) is 2.74. The molecule has 0 aliphatic carbocycles. The third-order valence-corrected chi connectivity index (χ3v) is 5.64. The zero-order valence-electron chi connectivity index (χ0n) is 19.2. The number of rotatable bonds is 6. The largest absolute Gasteiger partial charge is 0.330 e. The minimum atomic E-state index is -0.549. The fourth-order valence-electron chi connectivity index (χ4n) is 3.79. The molecule has 1 amide bonds. The fraction of sp³-hybridized carbons (Fsp3) is 0.0690. The number of hydrogen-bond donors (Lipinski definition) is 0.